The Kier molecular flexibility index (Phi) is 5.77. The van der Waals surface area contributed by atoms with Crippen LogP contribution in [0.3, 0.4) is 0 Å². The lowest BCUT2D eigenvalue weighted by atomic mass is 9.98. The molecule has 4 aromatic rings. The van der Waals surface area contributed by atoms with Crippen LogP contribution in [0.5, 0.6) is 5.88 Å². The van der Waals surface area contributed by atoms with Gasteiger partial charge in [0.1, 0.15) is 17.6 Å². The summed E-state index contributed by atoms with van der Waals surface area (Å²) in [6, 6.07) is 1.64. The van der Waals surface area contributed by atoms with Gasteiger partial charge in [-0.25, -0.2) is 22.4 Å². The van der Waals surface area contributed by atoms with Crippen molar-refractivity contribution in [1.82, 2.24) is 34.5 Å². The van der Waals surface area contributed by atoms with E-state index in [1.54, 1.807) is 0 Å². The summed E-state index contributed by atoms with van der Waals surface area (Å²) in [6.07, 6.45) is -3.56. The Hall–Kier alpha value is -3.66. The van der Waals surface area contributed by atoms with Gasteiger partial charge in [0.2, 0.25) is 11.8 Å². The first-order chi connectivity index (χ1) is 18.9. The van der Waals surface area contributed by atoms with E-state index in [-0.39, 0.29) is 65.7 Å². The van der Waals surface area contributed by atoms with E-state index in [1.165, 1.54) is 30.2 Å². The Morgan fingerprint density at radius 3 is 2.74 bits per heavy atom. The molecule has 3 aromatic heterocycles. The largest absolute Gasteiger partial charge is 0.479 e. The van der Waals surface area contributed by atoms with Gasteiger partial charge < -0.3 is 14.8 Å². The zero-order valence-electron chi connectivity index (χ0n) is 21.3. The van der Waals surface area contributed by atoms with Crippen LogP contribution in [0.2, 0.25) is 0 Å². The molecule has 1 N–H and O–H groups in total. The van der Waals surface area contributed by atoms with Crippen LogP contribution in [-0.2, 0) is 11.3 Å². The highest BCUT2D eigenvalue weighted by Crippen LogP contribution is 2.37. The van der Waals surface area contributed by atoms with Gasteiger partial charge >= 0.3 is 6.18 Å². The Morgan fingerprint density at radius 1 is 1.28 bits per heavy atom. The fourth-order valence-electron chi connectivity index (χ4n) is 4.83. The van der Waals surface area contributed by atoms with Crippen molar-refractivity contribution in [1.29, 1.82) is 0 Å². The Morgan fingerprint density at radius 2 is 2.08 bits per heavy atom. The van der Waals surface area contributed by atoms with Gasteiger partial charge in [0, 0.05) is 6.54 Å². The number of methoxy groups -OCH3 is 1. The second-order valence-corrected chi connectivity index (χ2v) is 9.38. The highest BCUT2D eigenvalue weighted by Gasteiger charge is 2.47. The number of halogens is 6. The summed E-state index contributed by atoms with van der Waals surface area (Å²) >= 11 is 0. The minimum Gasteiger partial charge on any atom is -0.479 e. The summed E-state index contributed by atoms with van der Waals surface area (Å²) in [5.74, 6) is -4.40. The minimum atomic E-state index is -4.55. The number of hydrogen-bond acceptors (Lipinski definition) is 8. The molecule has 1 aromatic carbocycles. The predicted molar refractivity (Wildman–Crippen MR) is 125 cm³/mol. The fraction of sp³-hybridized carbons (Fsp3) is 0.478. The van der Waals surface area contributed by atoms with Gasteiger partial charge in [-0.1, -0.05) is 11.3 Å². The highest BCUT2D eigenvalue weighted by molar-refractivity contribution is 5.89. The number of nitrogens with zero attached hydrogens (tertiary/aromatic N) is 7. The molecule has 2 fully saturated rings. The van der Waals surface area contributed by atoms with Gasteiger partial charge in [-0.2, -0.15) is 18.2 Å². The van der Waals surface area contributed by atoms with Crippen LogP contribution in [0.1, 0.15) is 7.79 Å². The zero-order valence-corrected chi connectivity index (χ0v) is 20.3. The summed E-state index contributed by atoms with van der Waals surface area (Å²) in [6.45, 7) is -1.68. The predicted octanol–water partition coefficient (Wildman–Crippen LogP) is 3.37. The number of alkyl halides is 5. The SMILES string of the molecule is [2H]C1(N2CC[C@@H](Nc3nc(OC)c4c(-c5ccc6nnn(CC(F)(F)F)c6c5)c(F)cn4n3)C(F)(F)C2)COC1. The van der Waals surface area contributed by atoms with E-state index in [9.17, 15) is 13.2 Å². The van der Waals surface area contributed by atoms with E-state index >= 15 is 13.2 Å². The molecule has 39 heavy (non-hydrogen) atoms. The van der Waals surface area contributed by atoms with Gasteiger partial charge in [0.05, 0.1) is 57.6 Å². The normalized spacial score (nSPS) is 21.6. The van der Waals surface area contributed by atoms with E-state index in [0.717, 1.165) is 10.7 Å². The first-order valence-electron chi connectivity index (χ1n) is 12.4. The van der Waals surface area contributed by atoms with Gasteiger partial charge in [-0.15, -0.1) is 10.2 Å². The molecule has 2 aliphatic heterocycles. The van der Waals surface area contributed by atoms with E-state index in [4.69, 9.17) is 10.8 Å². The summed E-state index contributed by atoms with van der Waals surface area (Å²) in [5, 5.41) is 14.0. The van der Waals surface area contributed by atoms with Crippen LogP contribution in [0.4, 0.5) is 32.3 Å². The van der Waals surface area contributed by atoms with Crippen LogP contribution in [0.25, 0.3) is 27.7 Å². The average Bonchev–Trinajstić information content (AvgIpc) is 3.41. The van der Waals surface area contributed by atoms with Gasteiger partial charge in [0.25, 0.3) is 5.92 Å². The molecule has 0 bridgehead atoms. The number of likely N-dealkylation sites (tertiary alicyclic amines) is 1. The van der Waals surface area contributed by atoms with Crippen LogP contribution >= 0.6 is 0 Å². The maximum atomic E-state index is 15.3. The van der Waals surface area contributed by atoms with Crippen molar-refractivity contribution in [2.75, 3.05) is 38.7 Å². The molecule has 208 valence electrons. The molecule has 0 spiro atoms. The Balaban J connectivity index is 1.33. The average molecular weight is 557 g/mol. The quantitative estimate of drug-likeness (QED) is 0.361. The number of rotatable bonds is 6. The third kappa shape index (κ3) is 4.71. The van der Waals surface area contributed by atoms with E-state index < -0.39 is 43.1 Å². The van der Waals surface area contributed by atoms with Crippen molar-refractivity contribution in [2.45, 2.75) is 37.1 Å². The first kappa shape index (κ1) is 24.4. The topological polar surface area (TPSA) is 94.6 Å². The molecule has 1 atom stereocenters. The summed E-state index contributed by atoms with van der Waals surface area (Å²) in [4.78, 5) is 5.57. The number of anilines is 1. The van der Waals surface area contributed by atoms with Crippen LogP contribution in [-0.4, -0.2) is 92.1 Å². The number of ether oxygens (including phenoxy) is 2. The van der Waals surface area contributed by atoms with Crippen LogP contribution in [0.15, 0.2) is 24.4 Å². The van der Waals surface area contributed by atoms with Crippen molar-refractivity contribution in [3.8, 4) is 17.0 Å². The number of benzene rings is 1. The number of nitrogens with one attached hydrogen (secondary N) is 1. The molecular weight excluding hydrogens is 534 g/mol. The second-order valence-electron chi connectivity index (χ2n) is 9.38. The number of fused-ring (bicyclic) bond motifs is 2. The lowest BCUT2D eigenvalue weighted by molar-refractivity contribution is -0.142. The molecule has 6 rings (SSSR count). The van der Waals surface area contributed by atoms with Crippen molar-refractivity contribution in [2.24, 2.45) is 0 Å². The zero-order chi connectivity index (χ0) is 28.4. The number of hydrogen-bond donors (Lipinski definition) is 1. The molecule has 2 aliphatic rings. The molecule has 0 unspecified atom stereocenters. The molecule has 0 amide bonds. The van der Waals surface area contributed by atoms with E-state index in [1.807, 2.05) is 0 Å². The lowest BCUT2D eigenvalue weighted by Crippen LogP contribution is -2.61. The Bertz CT molecular complexity index is 1590. The third-order valence-electron chi connectivity index (χ3n) is 6.76. The third-order valence-corrected chi connectivity index (χ3v) is 6.76. The smallest absolute Gasteiger partial charge is 0.408 e. The molecule has 16 heteroatoms. The lowest BCUT2D eigenvalue weighted by Gasteiger charge is -2.44. The van der Waals surface area contributed by atoms with Crippen LogP contribution < -0.4 is 10.1 Å². The molecule has 2 saturated heterocycles. The van der Waals surface area contributed by atoms with Crippen molar-refractivity contribution in [3.05, 3.63) is 30.2 Å². The number of aromatic nitrogens is 6. The van der Waals surface area contributed by atoms with E-state index in [0.29, 0.717) is 4.68 Å². The molecule has 0 aliphatic carbocycles. The second kappa shape index (κ2) is 9.22. The minimum absolute atomic E-state index is 0.0116. The Labute approximate surface area is 217 Å². The fourth-order valence-corrected chi connectivity index (χ4v) is 4.83. The van der Waals surface area contributed by atoms with Crippen molar-refractivity contribution < 1.29 is 37.2 Å². The standard InChI is InChI=1S/C23H22F6N8O2/c1-38-20-19-18(12-2-3-15-16(6-12)37(34-32-15)11-23(27,28)29)14(24)7-36(19)33-21(31-20)30-17-4-5-35(10-22(17,25)26)13-8-39-9-13/h2-3,6-7,13,17H,4-5,8-11H2,1H3,(H,30,33)/t17-/m1/s1/i13D. The summed E-state index contributed by atoms with van der Waals surface area (Å²) in [7, 11) is 1.26. The highest BCUT2D eigenvalue weighted by atomic mass is 19.4. The van der Waals surface area contributed by atoms with Gasteiger partial charge in [0.15, 0.2) is 5.82 Å². The molecule has 0 saturated carbocycles. The van der Waals surface area contributed by atoms with Gasteiger partial charge in [-0.05, 0) is 24.1 Å². The maximum Gasteiger partial charge on any atom is 0.408 e. The number of piperidine rings is 1. The monoisotopic (exact) mass is 557 g/mol. The molecule has 5 heterocycles. The molecule has 10 nitrogen and oxygen atoms in total. The van der Waals surface area contributed by atoms with Crippen molar-refractivity contribution >= 4 is 22.5 Å². The maximum absolute atomic E-state index is 15.3. The van der Waals surface area contributed by atoms with Crippen molar-refractivity contribution in [3.63, 3.8) is 0 Å². The summed E-state index contributed by atoms with van der Waals surface area (Å²) < 4.78 is 105. The van der Waals surface area contributed by atoms with Gasteiger partial charge in [-0.3, -0.25) is 4.90 Å². The first-order valence-corrected chi connectivity index (χ1v) is 11.9. The molecular formula is C23H22F6N8O2. The van der Waals surface area contributed by atoms with Crippen LogP contribution in [0, 0.1) is 5.82 Å². The molecule has 0 radical (unpaired) electrons. The summed E-state index contributed by atoms with van der Waals surface area (Å²) in [5.41, 5.74) is 0.377. The van der Waals surface area contributed by atoms with E-state index in [2.05, 4.69) is 25.7 Å².